The van der Waals surface area contributed by atoms with E-state index >= 15 is 0 Å². The quantitative estimate of drug-likeness (QED) is 0.659. The summed E-state index contributed by atoms with van der Waals surface area (Å²) < 4.78 is 5.83. The van der Waals surface area contributed by atoms with Gasteiger partial charge in [0, 0.05) is 16.9 Å². The lowest BCUT2D eigenvalue weighted by Gasteiger charge is -2.31. The van der Waals surface area contributed by atoms with Crippen molar-refractivity contribution in [3.8, 4) is 5.75 Å². The highest BCUT2D eigenvalue weighted by molar-refractivity contribution is 6.30. The summed E-state index contributed by atoms with van der Waals surface area (Å²) >= 11 is 11.8. The molecule has 0 saturated carbocycles. The zero-order valence-electron chi connectivity index (χ0n) is 14.2. The van der Waals surface area contributed by atoms with Gasteiger partial charge in [-0.15, -0.1) is 0 Å². The van der Waals surface area contributed by atoms with E-state index in [0.29, 0.717) is 40.2 Å². The lowest BCUT2D eigenvalue weighted by molar-refractivity contribution is 0.102. The predicted octanol–water partition coefficient (Wildman–Crippen LogP) is 5.17. The maximum Gasteiger partial charge on any atom is 0.259 e. The van der Waals surface area contributed by atoms with E-state index in [0.717, 1.165) is 11.5 Å². The number of amides is 1. The molecule has 0 fully saturated rings. The number of hydrogen-bond acceptors (Lipinski definition) is 4. The van der Waals surface area contributed by atoms with Gasteiger partial charge in [-0.05, 0) is 48.5 Å². The molecule has 1 N–H and O–H groups in total. The Kier molecular flexibility index (Phi) is 4.88. The maximum atomic E-state index is 12.8. The topological polar surface area (TPSA) is 54.5 Å². The summed E-state index contributed by atoms with van der Waals surface area (Å²) in [6, 6.07) is 16.1. The number of fused-ring (bicyclic) bond motifs is 1. The van der Waals surface area contributed by atoms with Crippen LogP contribution in [0.15, 0.2) is 60.8 Å². The minimum absolute atomic E-state index is 0.250. The molecule has 0 radical (unpaired) electrons. The Bertz CT molecular complexity index is 976. The van der Waals surface area contributed by atoms with Crippen molar-refractivity contribution in [2.24, 2.45) is 0 Å². The van der Waals surface area contributed by atoms with Crippen molar-refractivity contribution in [2.45, 2.75) is 0 Å². The van der Waals surface area contributed by atoms with E-state index in [1.165, 1.54) is 0 Å². The third kappa shape index (κ3) is 3.70. The molecule has 1 aliphatic rings. The second kappa shape index (κ2) is 7.47. The van der Waals surface area contributed by atoms with Gasteiger partial charge in [0.2, 0.25) is 0 Å². The second-order valence-corrected chi connectivity index (χ2v) is 6.82. The average Bonchev–Trinajstić information content (AvgIpc) is 2.69. The minimum Gasteiger partial charge on any atom is -0.489 e. The van der Waals surface area contributed by atoms with Crippen LogP contribution >= 0.6 is 23.2 Å². The van der Waals surface area contributed by atoms with Crippen molar-refractivity contribution in [1.29, 1.82) is 0 Å². The molecule has 7 heteroatoms. The number of para-hydroxylation sites is 1. The summed E-state index contributed by atoms with van der Waals surface area (Å²) in [5.41, 5.74) is 1.91. The Morgan fingerprint density at radius 2 is 1.81 bits per heavy atom. The van der Waals surface area contributed by atoms with Crippen LogP contribution in [0.25, 0.3) is 0 Å². The third-order valence-electron chi connectivity index (χ3n) is 4.18. The molecule has 0 atom stereocenters. The van der Waals surface area contributed by atoms with Crippen LogP contribution in [0.3, 0.4) is 0 Å². The normalized spacial score (nSPS) is 12.9. The number of aromatic nitrogens is 1. The number of carbonyl (C=O) groups excluding carboxylic acids is 1. The smallest absolute Gasteiger partial charge is 0.259 e. The van der Waals surface area contributed by atoms with Crippen molar-refractivity contribution in [1.82, 2.24) is 4.98 Å². The Morgan fingerprint density at radius 3 is 2.56 bits per heavy atom. The number of ether oxygens (including phenoxy) is 1. The van der Waals surface area contributed by atoms with Crippen molar-refractivity contribution < 1.29 is 9.53 Å². The molecule has 1 amide bonds. The lowest BCUT2D eigenvalue weighted by atomic mass is 10.1. The van der Waals surface area contributed by atoms with Gasteiger partial charge < -0.3 is 15.0 Å². The van der Waals surface area contributed by atoms with Gasteiger partial charge in [-0.2, -0.15) is 0 Å². The van der Waals surface area contributed by atoms with Crippen molar-refractivity contribution in [3.05, 3.63) is 76.4 Å². The first-order chi connectivity index (χ1) is 13.1. The third-order valence-corrected chi connectivity index (χ3v) is 4.66. The van der Waals surface area contributed by atoms with Crippen LogP contribution in [-0.4, -0.2) is 24.0 Å². The van der Waals surface area contributed by atoms with Gasteiger partial charge in [-0.1, -0.05) is 29.3 Å². The van der Waals surface area contributed by atoms with Gasteiger partial charge in [0.05, 0.1) is 22.8 Å². The Balaban J connectivity index is 1.66. The first kappa shape index (κ1) is 17.6. The van der Waals surface area contributed by atoms with E-state index in [4.69, 9.17) is 27.9 Å². The van der Waals surface area contributed by atoms with E-state index in [1.807, 2.05) is 23.1 Å². The summed E-state index contributed by atoms with van der Waals surface area (Å²) in [6.45, 7) is 1.08. The van der Waals surface area contributed by atoms with Crippen LogP contribution in [0, 0.1) is 0 Å². The molecule has 2 aromatic carbocycles. The SMILES string of the molecule is O=C(Nc1ccc(Cl)cc1)c1cccc2c1OCCN2c1ccc(Cl)cn1. The first-order valence-electron chi connectivity index (χ1n) is 8.33. The highest BCUT2D eigenvalue weighted by Gasteiger charge is 2.25. The number of anilines is 3. The zero-order valence-corrected chi connectivity index (χ0v) is 15.7. The molecular formula is C20H15Cl2N3O2. The number of nitrogens with one attached hydrogen (secondary N) is 1. The fraction of sp³-hybridized carbons (Fsp3) is 0.100. The van der Waals surface area contributed by atoms with Gasteiger partial charge in [-0.25, -0.2) is 4.98 Å². The molecule has 27 heavy (non-hydrogen) atoms. The Morgan fingerprint density at radius 1 is 1.04 bits per heavy atom. The first-order valence-corrected chi connectivity index (χ1v) is 9.09. The largest absolute Gasteiger partial charge is 0.489 e. The van der Waals surface area contributed by atoms with Crippen molar-refractivity contribution in [3.63, 3.8) is 0 Å². The molecule has 3 aromatic rings. The van der Waals surface area contributed by atoms with E-state index in [-0.39, 0.29) is 5.91 Å². The molecule has 0 saturated heterocycles. The monoisotopic (exact) mass is 399 g/mol. The average molecular weight is 400 g/mol. The van der Waals surface area contributed by atoms with E-state index < -0.39 is 0 Å². The molecule has 2 heterocycles. The highest BCUT2D eigenvalue weighted by atomic mass is 35.5. The lowest BCUT2D eigenvalue weighted by Crippen LogP contribution is -2.30. The molecule has 5 nitrogen and oxygen atoms in total. The fourth-order valence-corrected chi connectivity index (χ4v) is 3.16. The Labute approximate surface area is 166 Å². The van der Waals surface area contributed by atoms with Crippen LogP contribution in [0.5, 0.6) is 5.75 Å². The molecule has 136 valence electrons. The molecule has 1 aromatic heterocycles. The van der Waals surface area contributed by atoms with Crippen LogP contribution in [0.2, 0.25) is 10.0 Å². The molecule has 0 unspecified atom stereocenters. The number of nitrogens with zero attached hydrogens (tertiary/aromatic N) is 2. The standard InChI is InChI=1S/C20H15Cl2N3O2/c21-13-4-7-15(8-5-13)24-20(26)16-2-1-3-17-19(16)27-11-10-25(17)18-9-6-14(22)12-23-18/h1-9,12H,10-11H2,(H,24,26). The maximum absolute atomic E-state index is 12.8. The number of benzene rings is 2. The fourth-order valence-electron chi connectivity index (χ4n) is 2.92. The van der Waals surface area contributed by atoms with Gasteiger partial charge in [0.1, 0.15) is 12.4 Å². The van der Waals surface area contributed by atoms with E-state index in [1.54, 1.807) is 42.6 Å². The number of carbonyl (C=O) groups is 1. The number of rotatable bonds is 3. The van der Waals surface area contributed by atoms with Crippen LogP contribution in [0.1, 0.15) is 10.4 Å². The second-order valence-electron chi connectivity index (χ2n) is 5.95. The predicted molar refractivity (Wildman–Crippen MR) is 108 cm³/mol. The summed E-state index contributed by atoms with van der Waals surface area (Å²) in [6.07, 6.45) is 1.60. The number of pyridine rings is 1. The van der Waals surface area contributed by atoms with Crippen LogP contribution < -0.4 is 15.0 Å². The number of hydrogen-bond donors (Lipinski definition) is 1. The van der Waals surface area contributed by atoms with Gasteiger partial charge in [0.15, 0.2) is 5.75 Å². The highest BCUT2D eigenvalue weighted by Crippen LogP contribution is 2.38. The summed E-state index contributed by atoms with van der Waals surface area (Å²) in [4.78, 5) is 19.2. The van der Waals surface area contributed by atoms with E-state index in [2.05, 4.69) is 10.3 Å². The van der Waals surface area contributed by atoms with Crippen LogP contribution in [-0.2, 0) is 0 Å². The molecule has 0 bridgehead atoms. The molecule has 1 aliphatic heterocycles. The summed E-state index contributed by atoms with van der Waals surface area (Å²) in [7, 11) is 0. The minimum atomic E-state index is -0.250. The molecule has 0 aliphatic carbocycles. The van der Waals surface area contributed by atoms with E-state index in [9.17, 15) is 4.79 Å². The molecule has 4 rings (SSSR count). The summed E-state index contributed by atoms with van der Waals surface area (Å²) in [5.74, 6) is 1.03. The Hall–Kier alpha value is -2.76. The van der Waals surface area contributed by atoms with Gasteiger partial charge in [-0.3, -0.25) is 4.79 Å². The van der Waals surface area contributed by atoms with Crippen molar-refractivity contribution in [2.75, 3.05) is 23.4 Å². The number of halogens is 2. The van der Waals surface area contributed by atoms with Gasteiger partial charge in [0.25, 0.3) is 5.91 Å². The van der Waals surface area contributed by atoms with Gasteiger partial charge >= 0.3 is 0 Å². The molecular weight excluding hydrogens is 385 g/mol. The zero-order chi connectivity index (χ0) is 18.8. The summed E-state index contributed by atoms with van der Waals surface area (Å²) in [5, 5.41) is 4.05. The van der Waals surface area contributed by atoms with Crippen LogP contribution in [0.4, 0.5) is 17.2 Å². The molecule has 0 spiro atoms. The van der Waals surface area contributed by atoms with Crippen molar-refractivity contribution >= 4 is 46.3 Å².